The van der Waals surface area contributed by atoms with Crippen LogP contribution in [0.25, 0.3) is 0 Å². The van der Waals surface area contributed by atoms with Gasteiger partial charge in [0.05, 0.1) is 12.3 Å². The molecule has 0 aliphatic carbocycles. The quantitative estimate of drug-likeness (QED) is 0.825. The van der Waals surface area contributed by atoms with Crippen LogP contribution in [0.15, 0.2) is 10.9 Å². The third-order valence-corrected chi connectivity index (χ3v) is 2.71. The molecule has 16 heavy (non-hydrogen) atoms. The predicted molar refractivity (Wildman–Crippen MR) is 58.4 cm³/mol. The first-order valence-corrected chi connectivity index (χ1v) is 5.46. The van der Waals surface area contributed by atoms with Crippen molar-refractivity contribution in [1.29, 1.82) is 0 Å². The molecule has 1 aromatic heterocycles. The molecule has 0 amide bonds. The van der Waals surface area contributed by atoms with Crippen molar-refractivity contribution in [3.63, 3.8) is 0 Å². The lowest BCUT2D eigenvalue weighted by atomic mass is 9.99. The zero-order valence-corrected chi connectivity index (χ0v) is 9.36. The van der Waals surface area contributed by atoms with Gasteiger partial charge in [0.25, 0.3) is 5.56 Å². The van der Waals surface area contributed by atoms with Crippen LogP contribution in [0.2, 0.25) is 0 Å². The molecule has 5 nitrogen and oxygen atoms in total. The molecule has 5 heteroatoms. The molecule has 1 aliphatic heterocycles. The van der Waals surface area contributed by atoms with Crippen LogP contribution >= 0.6 is 0 Å². The molecule has 0 spiro atoms. The third kappa shape index (κ3) is 2.68. The fraction of sp³-hybridized carbons (Fsp3) is 0.636. The number of methoxy groups -OCH3 is 1. The van der Waals surface area contributed by atoms with Gasteiger partial charge in [0.1, 0.15) is 5.82 Å². The smallest absolute Gasteiger partial charge is 0.251 e. The molecule has 1 fully saturated rings. The Morgan fingerprint density at radius 3 is 3.00 bits per heavy atom. The minimum Gasteiger partial charge on any atom is -0.381 e. The SMILES string of the molecule is COCc1cc(=O)[nH]c(C2CCOCC2)n1. The van der Waals surface area contributed by atoms with Gasteiger partial charge < -0.3 is 14.5 Å². The molecule has 1 aromatic rings. The van der Waals surface area contributed by atoms with E-state index in [1.807, 2.05) is 0 Å². The second-order valence-electron chi connectivity index (χ2n) is 3.94. The summed E-state index contributed by atoms with van der Waals surface area (Å²) in [5, 5.41) is 0. The second-order valence-corrected chi connectivity index (χ2v) is 3.94. The van der Waals surface area contributed by atoms with E-state index in [-0.39, 0.29) is 5.56 Å². The highest BCUT2D eigenvalue weighted by atomic mass is 16.5. The summed E-state index contributed by atoms with van der Waals surface area (Å²) in [6.07, 6.45) is 1.83. The standard InChI is InChI=1S/C11H16N2O3/c1-15-7-9-6-10(14)13-11(12-9)8-2-4-16-5-3-8/h6,8H,2-5,7H2,1H3,(H,12,13,14). The first-order valence-electron chi connectivity index (χ1n) is 5.46. The molecule has 0 bridgehead atoms. The summed E-state index contributed by atoms with van der Waals surface area (Å²) in [5.41, 5.74) is 0.580. The number of nitrogens with zero attached hydrogens (tertiary/aromatic N) is 1. The van der Waals surface area contributed by atoms with Gasteiger partial charge in [0.2, 0.25) is 0 Å². The summed E-state index contributed by atoms with van der Waals surface area (Å²) in [7, 11) is 1.59. The van der Waals surface area contributed by atoms with Crippen LogP contribution in [0.5, 0.6) is 0 Å². The Hall–Kier alpha value is -1.20. The number of rotatable bonds is 3. The summed E-state index contributed by atoms with van der Waals surface area (Å²) in [4.78, 5) is 18.7. The molecule has 0 saturated carbocycles. The molecule has 0 radical (unpaired) electrons. The molecule has 0 unspecified atom stereocenters. The van der Waals surface area contributed by atoms with Crippen LogP contribution in [-0.4, -0.2) is 30.3 Å². The van der Waals surface area contributed by atoms with Crippen molar-refractivity contribution >= 4 is 0 Å². The van der Waals surface area contributed by atoms with Gasteiger partial charge in [0.15, 0.2) is 0 Å². The minimum atomic E-state index is -0.108. The van der Waals surface area contributed by atoms with Gasteiger partial charge in [-0.2, -0.15) is 0 Å². The fourth-order valence-corrected chi connectivity index (χ4v) is 1.91. The predicted octanol–water partition coefficient (Wildman–Crippen LogP) is 0.810. The second kappa shape index (κ2) is 5.23. The Morgan fingerprint density at radius 1 is 1.56 bits per heavy atom. The van der Waals surface area contributed by atoms with Gasteiger partial charge in [-0.25, -0.2) is 4.98 Å². The topological polar surface area (TPSA) is 64.2 Å². The maximum Gasteiger partial charge on any atom is 0.251 e. The highest BCUT2D eigenvalue weighted by Crippen LogP contribution is 2.23. The van der Waals surface area contributed by atoms with Gasteiger partial charge in [-0.15, -0.1) is 0 Å². The van der Waals surface area contributed by atoms with Crippen molar-refractivity contribution in [2.24, 2.45) is 0 Å². The van der Waals surface area contributed by atoms with E-state index in [0.717, 1.165) is 31.9 Å². The lowest BCUT2D eigenvalue weighted by Gasteiger charge is -2.21. The number of H-pyrrole nitrogens is 1. The summed E-state index contributed by atoms with van der Waals surface area (Å²) in [5.74, 6) is 1.07. The van der Waals surface area contributed by atoms with Crippen LogP contribution in [0.4, 0.5) is 0 Å². The van der Waals surface area contributed by atoms with E-state index in [1.54, 1.807) is 7.11 Å². The molecule has 1 aliphatic rings. The van der Waals surface area contributed by atoms with Crippen LogP contribution < -0.4 is 5.56 Å². The van der Waals surface area contributed by atoms with E-state index in [4.69, 9.17) is 9.47 Å². The van der Waals surface area contributed by atoms with E-state index in [0.29, 0.717) is 18.2 Å². The van der Waals surface area contributed by atoms with Gasteiger partial charge in [-0.05, 0) is 12.8 Å². The van der Waals surface area contributed by atoms with E-state index in [9.17, 15) is 4.79 Å². The molecule has 2 heterocycles. The van der Waals surface area contributed by atoms with Gasteiger partial charge in [0, 0.05) is 32.3 Å². The molecule has 1 saturated heterocycles. The lowest BCUT2D eigenvalue weighted by molar-refractivity contribution is 0.0833. The largest absolute Gasteiger partial charge is 0.381 e. The highest BCUT2D eigenvalue weighted by molar-refractivity contribution is 5.05. The van der Waals surface area contributed by atoms with Gasteiger partial charge >= 0.3 is 0 Å². The summed E-state index contributed by atoms with van der Waals surface area (Å²) in [6, 6.07) is 1.48. The molecule has 0 aromatic carbocycles. The third-order valence-electron chi connectivity index (χ3n) is 2.71. The molecule has 88 valence electrons. The number of ether oxygens (including phenoxy) is 2. The molecular weight excluding hydrogens is 208 g/mol. The Kier molecular flexibility index (Phi) is 3.69. The zero-order valence-electron chi connectivity index (χ0n) is 9.36. The average molecular weight is 224 g/mol. The van der Waals surface area contributed by atoms with E-state index >= 15 is 0 Å². The molecule has 0 atom stereocenters. The average Bonchev–Trinajstić information content (AvgIpc) is 2.30. The van der Waals surface area contributed by atoms with E-state index in [2.05, 4.69) is 9.97 Å². The Labute approximate surface area is 93.8 Å². The van der Waals surface area contributed by atoms with Crippen molar-refractivity contribution in [1.82, 2.24) is 9.97 Å². The normalized spacial score (nSPS) is 17.6. The number of aromatic nitrogens is 2. The van der Waals surface area contributed by atoms with E-state index in [1.165, 1.54) is 6.07 Å². The number of hydrogen-bond donors (Lipinski definition) is 1. The molecular formula is C11H16N2O3. The fourth-order valence-electron chi connectivity index (χ4n) is 1.91. The monoisotopic (exact) mass is 224 g/mol. The highest BCUT2D eigenvalue weighted by Gasteiger charge is 2.18. The minimum absolute atomic E-state index is 0.108. The van der Waals surface area contributed by atoms with Crippen LogP contribution in [-0.2, 0) is 16.1 Å². The van der Waals surface area contributed by atoms with Crippen LogP contribution in [0, 0.1) is 0 Å². The number of hydrogen-bond acceptors (Lipinski definition) is 4. The lowest BCUT2D eigenvalue weighted by Crippen LogP contribution is -2.21. The number of nitrogens with one attached hydrogen (secondary N) is 1. The maximum atomic E-state index is 11.4. The van der Waals surface area contributed by atoms with E-state index < -0.39 is 0 Å². The first-order chi connectivity index (χ1) is 7.79. The first kappa shape index (κ1) is 11.3. The maximum absolute atomic E-state index is 11.4. The van der Waals surface area contributed by atoms with Gasteiger partial charge in [-0.1, -0.05) is 0 Å². The Morgan fingerprint density at radius 2 is 2.31 bits per heavy atom. The summed E-state index contributed by atoms with van der Waals surface area (Å²) < 4.78 is 10.3. The Bertz CT molecular complexity index is 396. The number of aromatic amines is 1. The summed E-state index contributed by atoms with van der Waals surface area (Å²) >= 11 is 0. The van der Waals surface area contributed by atoms with Crippen molar-refractivity contribution in [3.8, 4) is 0 Å². The van der Waals surface area contributed by atoms with Crippen LogP contribution in [0.3, 0.4) is 0 Å². The van der Waals surface area contributed by atoms with Crippen molar-refractivity contribution < 1.29 is 9.47 Å². The van der Waals surface area contributed by atoms with Crippen LogP contribution in [0.1, 0.15) is 30.3 Å². The summed E-state index contributed by atoms with van der Waals surface area (Å²) in [6.45, 7) is 1.85. The van der Waals surface area contributed by atoms with Crippen molar-refractivity contribution in [2.75, 3.05) is 20.3 Å². The van der Waals surface area contributed by atoms with Crippen molar-refractivity contribution in [3.05, 3.63) is 27.9 Å². The van der Waals surface area contributed by atoms with Gasteiger partial charge in [-0.3, -0.25) is 4.79 Å². The Balaban J connectivity index is 2.21. The molecule has 1 N–H and O–H groups in total. The van der Waals surface area contributed by atoms with Crippen molar-refractivity contribution in [2.45, 2.75) is 25.4 Å². The zero-order chi connectivity index (χ0) is 11.4. The molecule has 2 rings (SSSR count).